The maximum absolute atomic E-state index is 12.4. The van der Waals surface area contributed by atoms with E-state index in [1.54, 1.807) is 0 Å². The molecule has 0 N–H and O–H groups in total. The predicted molar refractivity (Wildman–Crippen MR) is 45.5 cm³/mol. The van der Waals surface area contributed by atoms with Crippen molar-refractivity contribution in [2.45, 2.75) is 38.6 Å². The second-order valence-electron chi connectivity index (χ2n) is 3.31. The molecule has 0 spiro atoms. The number of halogens is 1. The highest BCUT2D eigenvalue weighted by molar-refractivity contribution is 4.72. The quantitative estimate of drug-likeness (QED) is 0.610. The van der Waals surface area contributed by atoms with Crippen LogP contribution in [0, 0.1) is 0 Å². The summed E-state index contributed by atoms with van der Waals surface area (Å²) in [5.74, 6) is 0. The van der Waals surface area contributed by atoms with Crippen molar-refractivity contribution in [3.8, 4) is 0 Å². The Morgan fingerprint density at radius 1 is 1.27 bits per heavy atom. The van der Waals surface area contributed by atoms with Gasteiger partial charge in [0, 0.05) is 6.04 Å². The first-order valence-electron chi connectivity index (χ1n) is 4.68. The van der Waals surface area contributed by atoms with Gasteiger partial charge in [-0.1, -0.05) is 13.3 Å². The van der Waals surface area contributed by atoms with Gasteiger partial charge < -0.3 is 0 Å². The number of piperidine rings is 1. The van der Waals surface area contributed by atoms with Gasteiger partial charge in [0.15, 0.2) is 0 Å². The highest BCUT2D eigenvalue weighted by Gasteiger charge is 2.18. The fourth-order valence-electron chi connectivity index (χ4n) is 1.75. The maximum atomic E-state index is 12.4. The van der Waals surface area contributed by atoms with Crippen LogP contribution >= 0.6 is 0 Å². The summed E-state index contributed by atoms with van der Waals surface area (Å²) in [6.45, 7) is 4.13. The van der Waals surface area contributed by atoms with Crippen molar-refractivity contribution in [1.29, 1.82) is 0 Å². The summed E-state index contributed by atoms with van der Waals surface area (Å²) in [5.41, 5.74) is 0. The molecule has 1 nitrogen and oxygen atoms in total. The van der Waals surface area contributed by atoms with Crippen molar-refractivity contribution in [3.05, 3.63) is 0 Å². The topological polar surface area (TPSA) is 3.24 Å². The number of hydrogen-bond donors (Lipinski definition) is 0. The molecule has 0 amide bonds. The Morgan fingerprint density at radius 2 is 1.91 bits per heavy atom. The molecule has 1 aliphatic heterocycles. The van der Waals surface area contributed by atoms with E-state index in [-0.39, 0.29) is 12.7 Å². The molecule has 1 fully saturated rings. The lowest BCUT2D eigenvalue weighted by molar-refractivity contribution is 0.135. The summed E-state index contributed by atoms with van der Waals surface area (Å²) >= 11 is 0. The molecule has 0 aromatic heterocycles. The van der Waals surface area contributed by atoms with Crippen LogP contribution in [-0.4, -0.2) is 30.7 Å². The van der Waals surface area contributed by atoms with Gasteiger partial charge in [0.2, 0.25) is 0 Å². The van der Waals surface area contributed by atoms with Crippen LogP contribution in [0.5, 0.6) is 0 Å². The van der Waals surface area contributed by atoms with E-state index in [4.69, 9.17) is 0 Å². The van der Waals surface area contributed by atoms with Gasteiger partial charge in [0.05, 0.1) is 0 Å². The molecule has 0 saturated carbocycles. The van der Waals surface area contributed by atoms with Crippen molar-refractivity contribution in [1.82, 2.24) is 4.90 Å². The van der Waals surface area contributed by atoms with Crippen LogP contribution in [0.1, 0.15) is 32.6 Å². The molecule has 1 rings (SSSR count). The lowest BCUT2D eigenvalue weighted by atomic mass is 10.1. The normalized spacial score (nSPS) is 23.5. The fourth-order valence-corrected chi connectivity index (χ4v) is 1.75. The molecule has 66 valence electrons. The van der Waals surface area contributed by atoms with Gasteiger partial charge in [-0.15, -0.1) is 0 Å². The molecule has 0 radical (unpaired) electrons. The van der Waals surface area contributed by atoms with Gasteiger partial charge in [0.1, 0.15) is 6.67 Å². The zero-order chi connectivity index (χ0) is 8.10. The van der Waals surface area contributed by atoms with E-state index < -0.39 is 0 Å². The molecule has 1 unspecified atom stereocenters. The van der Waals surface area contributed by atoms with Crippen molar-refractivity contribution in [2.75, 3.05) is 19.8 Å². The van der Waals surface area contributed by atoms with E-state index in [2.05, 4.69) is 11.8 Å². The summed E-state index contributed by atoms with van der Waals surface area (Å²) in [6, 6.07) is 0.204. The largest absolute Gasteiger partial charge is 0.298 e. The molecule has 0 bridgehead atoms. The molecular formula is C9H18FN. The van der Waals surface area contributed by atoms with Gasteiger partial charge in [-0.25, -0.2) is 4.39 Å². The SMILES string of the molecule is CCC(CF)N1CCCCC1. The van der Waals surface area contributed by atoms with Crippen LogP contribution < -0.4 is 0 Å². The lowest BCUT2D eigenvalue weighted by Crippen LogP contribution is -2.40. The Hall–Kier alpha value is -0.110. The van der Waals surface area contributed by atoms with Gasteiger partial charge in [-0.2, -0.15) is 0 Å². The first-order valence-corrected chi connectivity index (χ1v) is 4.68. The van der Waals surface area contributed by atoms with Crippen LogP contribution in [0.2, 0.25) is 0 Å². The van der Waals surface area contributed by atoms with Crippen LogP contribution in [-0.2, 0) is 0 Å². The third kappa shape index (κ3) is 2.44. The fraction of sp³-hybridized carbons (Fsp3) is 1.00. The standard InChI is InChI=1S/C9H18FN/c1-2-9(8-10)11-6-4-3-5-7-11/h9H,2-8H2,1H3. The molecule has 2 heteroatoms. The van der Waals surface area contributed by atoms with E-state index in [1.807, 2.05) is 0 Å². The minimum atomic E-state index is -0.170. The monoisotopic (exact) mass is 159 g/mol. The highest BCUT2D eigenvalue weighted by atomic mass is 19.1. The molecule has 1 heterocycles. The minimum absolute atomic E-state index is 0.170. The maximum Gasteiger partial charge on any atom is 0.105 e. The van der Waals surface area contributed by atoms with Crippen molar-refractivity contribution >= 4 is 0 Å². The zero-order valence-electron chi connectivity index (χ0n) is 7.35. The molecule has 11 heavy (non-hydrogen) atoms. The first kappa shape index (κ1) is 8.98. The Balaban J connectivity index is 2.30. The number of alkyl halides is 1. The minimum Gasteiger partial charge on any atom is -0.298 e. The van der Waals surface area contributed by atoms with Crippen molar-refractivity contribution in [3.63, 3.8) is 0 Å². The Morgan fingerprint density at radius 3 is 2.36 bits per heavy atom. The second-order valence-corrected chi connectivity index (χ2v) is 3.31. The highest BCUT2D eigenvalue weighted by Crippen LogP contribution is 2.14. The number of hydrogen-bond acceptors (Lipinski definition) is 1. The Kier molecular flexibility index (Phi) is 3.84. The van der Waals surface area contributed by atoms with E-state index in [1.165, 1.54) is 19.3 Å². The smallest absolute Gasteiger partial charge is 0.105 e. The lowest BCUT2D eigenvalue weighted by Gasteiger charge is -2.32. The number of nitrogens with zero attached hydrogens (tertiary/aromatic N) is 1. The van der Waals surface area contributed by atoms with E-state index >= 15 is 0 Å². The molecular weight excluding hydrogens is 141 g/mol. The van der Waals surface area contributed by atoms with Crippen molar-refractivity contribution < 1.29 is 4.39 Å². The van der Waals surface area contributed by atoms with Gasteiger partial charge in [-0.3, -0.25) is 4.90 Å². The molecule has 0 aromatic rings. The Labute approximate surface area is 68.6 Å². The van der Waals surface area contributed by atoms with E-state index in [0.29, 0.717) is 0 Å². The molecule has 1 aliphatic rings. The molecule has 0 aliphatic carbocycles. The van der Waals surface area contributed by atoms with Gasteiger partial charge in [0.25, 0.3) is 0 Å². The third-order valence-corrected chi connectivity index (χ3v) is 2.56. The van der Waals surface area contributed by atoms with Crippen LogP contribution in [0.3, 0.4) is 0 Å². The molecule has 0 aromatic carbocycles. The molecule has 1 atom stereocenters. The summed E-state index contributed by atoms with van der Waals surface area (Å²) in [5, 5.41) is 0. The van der Waals surface area contributed by atoms with E-state index in [0.717, 1.165) is 19.5 Å². The van der Waals surface area contributed by atoms with E-state index in [9.17, 15) is 4.39 Å². The zero-order valence-corrected chi connectivity index (χ0v) is 7.35. The summed E-state index contributed by atoms with van der Waals surface area (Å²) in [7, 11) is 0. The van der Waals surface area contributed by atoms with Crippen LogP contribution in [0.15, 0.2) is 0 Å². The predicted octanol–water partition coefficient (Wildman–Crippen LogP) is 2.22. The summed E-state index contributed by atoms with van der Waals surface area (Å²) in [4.78, 5) is 2.30. The van der Waals surface area contributed by atoms with Crippen LogP contribution in [0.4, 0.5) is 4.39 Å². The summed E-state index contributed by atoms with van der Waals surface area (Å²) in [6.07, 6.45) is 4.81. The summed E-state index contributed by atoms with van der Waals surface area (Å²) < 4.78 is 12.4. The van der Waals surface area contributed by atoms with Crippen molar-refractivity contribution in [2.24, 2.45) is 0 Å². The second kappa shape index (κ2) is 4.70. The Bertz CT molecular complexity index is 95.7. The average Bonchev–Trinajstić information content (AvgIpc) is 2.09. The number of rotatable bonds is 3. The van der Waals surface area contributed by atoms with Gasteiger partial charge >= 0.3 is 0 Å². The number of likely N-dealkylation sites (tertiary alicyclic amines) is 1. The van der Waals surface area contributed by atoms with Crippen LogP contribution in [0.25, 0.3) is 0 Å². The average molecular weight is 159 g/mol. The third-order valence-electron chi connectivity index (χ3n) is 2.56. The van der Waals surface area contributed by atoms with Gasteiger partial charge in [-0.05, 0) is 32.4 Å². The first-order chi connectivity index (χ1) is 5.38. The molecule has 1 saturated heterocycles.